The van der Waals surface area contributed by atoms with Gasteiger partial charge in [0, 0.05) is 5.69 Å². The number of hydrogen-bond acceptors (Lipinski definition) is 6. The number of carbonyl (C=O) groups is 1. The van der Waals surface area contributed by atoms with Crippen LogP contribution in [0.25, 0.3) is 16.8 Å². The van der Waals surface area contributed by atoms with Crippen LogP contribution in [0.15, 0.2) is 142 Å². The van der Waals surface area contributed by atoms with Gasteiger partial charge in [-0.2, -0.15) is 0 Å². The zero-order chi connectivity index (χ0) is 32.3. The minimum Gasteiger partial charge on any atom is -0.493 e. The van der Waals surface area contributed by atoms with Gasteiger partial charge in [-0.15, -0.1) is 0 Å². The Balaban J connectivity index is 1.23. The van der Waals surface area contributed by atoms with Crippen molar-refractivity contribution in [2.24, 2.45) is 4.99 Å². The van der Waals surface area contributed by atoms with E-state index in [1.807, 2.05) is 110 Å². The molecule has 1 aliphatic heterocycles. The van der Waals surface area contributed by atoms with Crippen LogP contribution in [-0.4, -0.2) is 17.6 Å². The third kappa shape index (κ3) is 5.98. The van der Waals surface area contributed by atoms with E-state index in [-0.39, 0.29) is 11.5 Å². The normalized spacial score (nSPS) is 14.4. The van der Waals surface area contributed by atoms with Gasteiger partial charge in [0.15, 0.2) is 16.3 Å². The minimum atomic E-state index is -0.641. The number of carbonyl (C=O) groups excluding carboxylic acids is 1. The second kappa shape index (κ2) is 12.9. The molecule has 7 rings (SSSR count). The van der Waals surface area contributed by atoms with Gasteiger partial charge in [0.1, 0.15) is 6.61 Å². The number of ether oxygens (including phenoxy) is 2. The molecule has 2 heterocycles. The number of aromatic nitrogens is 1. The molecule has 1 N–H and O–H groups in total. The van der Waals surface area contributed by atoms with Crippen LogP contribution in [0.2, 0.25) is 0 Å². The zero-order valence-corrected chi connectivity index (χ0v) is 26.7. The van der Waals surface area contributed by atoms with Crippen molar-refractivity contribution >= 4 is 39.8 Å². The molecule has 0 fully saturated rings. The first-order valence-corrected chi connectivity index (χ1v) is 16.0. The van der Waals surface area contributed by atoms with E-state index in [0.717, 1.165) is 27.5 Å². The number of para-hydroxylation sites is 1. The third-order valence-corrected chi connectivity index (χ3v) is 9.14. The number of methoxy groups -OCH3 is 1. The maximum absolute atomic E-state index is 14.1. The van der Waals surface area contributed by atoms with Gasteiger partial charge in [-0.3, -0.25) is 14.2 Å². The molecule has 1 atom stereocenters. The van der Waals surface area contributed by atoms with Crippen LogP contribution >= 0.6 is 11.3 Å². The van der Waals surface area contributed by atoms with Crippen molar-refractivity contribution in [2.45, 2.75) is 19.6 Å². The summed E-state index contributed by atoms with van der Waals surface area (Å²) in [5.41, 5.74) is 4.11. The highest BCUT2D eigenvalue weighted by Crippen LogP contribution is 2.32. The summed E-state index contributed by atoms with van der Waals surface area (Å²) in [5, 5.41) is 5.29. The maximum atomic E-state index is 14.1. The molecular formula is C39H31N3O4S. The fourth-order valence-corrected chi connectivity index (χ4v) is 6.95. The molecule has 232 valence electrons. The van der Waals surface area contributed by atoms with Gasteiger partial charge in [0.05, 0.1) is 29.0 Å². The first-order valence-electron chi connectivity index (χ1n) is 15.2. The highest BCUT2D eigenvalue weighted by molar-refractivity contribution is 7.07. The number of nitrogens with one attached hydrogen (secondary N) is 1. The van der Waals surface area contributed by atoms with E-state index in [1.165, 1.54) is 11.3 Å². The van der Waals surface area contributed by atoms with Crippen LogP contribution in [0.4, 0.5) is 5.69 Å². The molecule has 0 bridgehead atoms. The number of benzene rings is 5. The first kappa shape index (κ1) is 30.0. The number of thiazole rings is 1. The molecular weight excluding hydrogens is 607 g/mol. The molecule has 0 spiro atoms. The Labute approximate surface area is 275 Å². The van der Waals surface area contributed by atoms with Crippen molar-refractivity contribution in [3.05, 3.63) is 169 Å². The molecule has 1 aliphatic rings. The Hall–Kier alpha value is -5.73. The summed E-state index contributed by atoms with van der Waals surface area (Å²) in [6.45, 7) is 2.20. The Morgan fingerprint density at radius 2 is 1.62 bits per heavy atom. The van der Waals surface area contributed by atoms with Crippen molar-refractivity contribution in [1.29, 1.82) is 0 Å². The Bertz CT molecular complexity index is 2320. The van der Waals surface area contributed by atoms with Crippen LogP contribution in [0.3, 0.4) is 0 Å². The van der Waals surface area contributed by atoms with Gasteiger partial charge in [0.2, 0.25) is 0 Å². The molecule has 47 heavy (non-hydrogen) atoms. The number of allylic oxidation sites excluding steroid dienone is 1. The molecule has 0 saturated heterocycles. The number of amides is 1. The topological polar surface area (TPSA) is 81.9 Å². The fourth-order valence-electron chi connectivity index (χ4n) is 5.90. The number of hydrogen-bond donors (Lipinski definition) is 1. The number of nitrogens with zero attached hydrogens (tertiary/aromatic N) is 2. The van der Waals surface area contributed by atoms with Gasteiger partial charge in [0.25, 0.3) is 11.5 Å². The fraction of sp³-hybridized carbons (Fsp3) is 0.103. The molecule has 1 aromatic heterocycles. The van der Waals surface area contributed by atoms with Gasteiger partial charge >= 0.3 is 0 Å². The average Bonchev–Trinajstić information content (AvgIpc) is 3.41. The van der Waals surface area contributed by atoms with E-state index in [2.05, 4.69) is 29.6 Å². The van der Waals surface area contributed by atoms with Gasteiger partial charge in [-0.1, -0.05) is 108 Å². The highest BCUT2D eigenvalue weighted by Gasteiger charge is 2.32. The van der Waals surface area contributed by atoms with Crippen molar-refractivity contribution in [3.63, 3.8) is 0 Å². The van der Waals surface area contributed by atoms with Crippen molar-refractivity contribution in [2.75, 3.05) is 12.4 Å². The lowest BCUT2D eigenvalue weighted by Crippen LogP contribution is -2.40. The summed E-state index contributed by atoms with van der Waals surface area (Å²) in [6, 6.07) is 38.2. The SMILES string of the molecule is COc1cc(/C=c2\sc3n(c2=O)C(c2ccccc2)C(C(=O)Nc2ccccc2)=C(C)N=3)ccc1OCc1cccc2ccccc12. The Morgan fingerprint density at radius 3 is 2.40 bits per heavy atom. The van der Waals surface area contributed by atoms with Crippen LogP contribution < -0.4 is 29.7 Å². The van der Waals surface area contributed by atoms with E-state index in [0.29, 0.717) is 44.4 Å². The Morgan fingerprint density at radius 1 is 0.894 bits per heavy atom. The van der Waals surface area contributed by atoms with Gasteiger partial charge < -0.3 is 14.8 Å². The summed E-state index contributed by atoms with van der Waals surface area (Å²) in [5.74, 6) is 0.863. The quantitative estimate of drug-likeness (QED) is 0.204. The summed E-state index contributed by atoms with van der Waals surface area (Å²) in [4.78, 5) is 33.1. The van der Waals surface area contributed by atoms with Crippen molar-refractivity contribution in [3.8, 4) is 11.5 Å². The lowest BCUT2D eigenvalue weighted by Gasteiger charge is -2.25. The van der Waals surface area contributed by atoms with E-state index in [4.69, 9.17) is 14.5 Å². The first-order chi connectivity index (χ1) is 23.0. The predicted octanol–water partition coefficient (Wildman–Crippen LogP) is 6.61. The highest BCUT2D eigenvalue weighted by atomic mass is 32.1. The molecule has 1 amide bonds. The average molecular weight is 638 g/mol. The zero-order valence-electron chi connectivity index (χ0n) is 25.8. The molecule has 0 aliphatic carbocycles. The summed E-state index contributed by atoms with van der Waals surface area (Å²) >= 11 is 1.29. The standard InChI is InChI=1S/C39H31N3O4S/c1-25-35(37(43)41-30-17-7-4-8-18-30)36(28-13-5-3-6-14-28)42-38(44)34(47-39(42)40-25)23-26-20-21-32(33(22-26)45-2)46-24-29-16-11-15-27-12-9-10-19-31(27)29/h3-23,36H,24H2,1-2H3,(H,41,43)/b34-23-. The monoisotopic (exact) mass is 637 g/mol. The summed E-state index contributed by atoms with van der Waals surface area (Å²) < 4.78 is 14.0. The van der Waals surface area contributed by atoms with E-state index in [1.54, 1.807) is 11.7 Å². The van der Waals surface area contributed by atoms with E-state index < -0.39 is 6.04 Å². The lowest BCUT2D eigenvalue weighted by molar-refractivity contribution is -0.113. The van der Waals surface area contributed by atoms with E-state index >= 15 is 0 Å². The van der Waals surface area contributed by atoms with Gasteiger partial charge in [-0.25, -0.2) is 4.99 Å². The minimum absolute atomic E-state index is 0.227. The Kier molecular flexibility index (Phi) is 8.25. The maximum Gasteiger partial charge on any atom is 0.271 e. The second-order valence-electron chi connectivity index (χ2n) is 11.1. The molecule has 0 saturated carbocycles. The lowest BCUT2D eigenvalue weighted by atomic mass is 9.95. The molecule has 0 radical (unpaired) electrons. The molecule has 6 aromatic rings. The summed E-state index contributed by atoms with van der Waals surface area (Å²) in [7, 11) is 1.60. The van der Waals surface area contributed by atoms with E-state index in [9.17, 15) is 9.59 Å². The van der Waals surface area contributed by atoms with Crippen LogP contribution in [0, 0.1) is 0 Å². The smallest absolute Gasteiger partial charge is 0.271 e. The van der Waals surface area contributed by atoms with Crippen molar-refractivity contribution < 1.29 is 14.3 Å². The third-order valence-electron chi connectivity index (χ3n) is 8.16. The van der Waals surface area contributed by atoms with Crippen LogP contribution in [-0.2, 0) is 11.4 Å². The number of rotatable bonds is 8. The predicted molar refractivity (Wildman–Crippen MR) is 187 cm³/mol. The van der Waals surface area contributed by atoms with Crippen LogP contribution in [0.5, 0.6) is 11.5 Å². The van der Waals surface area contributed by atoms with Crippen LogP contribution in [0.1, 0.15) is 29.7 Å². The number of fused-ring (bicyclic) bond motifs is 2. The molecule has 8 heteroatoms. The largest absolute Gasteiger partial charge is 0.493 e. The van der Waals surface area contributed by atoms with Crippen molar-refractivity contribution in [1.82, 2.24) is 4.57 Å². The van der Waals surface area contributed by atoms with Gasteiger partial charge in [-0.05, 0) is 64.7 Å². The number of anilines is 1. The second-order valence-corrected chi connectivity index (χ2v) is 12.2. The summed E-state index contributed by atoms with van der Waals surface area (Å²) in [6.07, 6.45) is 1.83. The molecule has 5 aromatic carbocycles. The molecule has 1 unspecified atom stereocenters. The molecule has 7 nitrogen and oxygen atoms in total.